The lowest BCUT2D eigenvalue weighted by atomic mass is 10.2. The van der Waals surface area contributed by atoms with Crippen molar-refractivity contribution < 1.29 is 13.2 Å². The van der Waals surface area contributed by atoms with E-state index in [2.05, 4.69) is 14.7 Å². The summed E-state index contributed by atoms with van der Waals surface area (Å²) in [4.78, 5) is 8.99. The van der Waals surface area contributed by atoms with E-state index >= 15 is 0 Å². The Labute approximate surface area is 175 Å². The Kier molecular flexibility index (Phi) is 5.72. The standard InChI is InChI=1S/C23H19N3O3S/c27-30(28,20-14-8-3-9-15-20)26-21-16-22(29-17-18-10-4-1-5-11-18)25-23(24-21)19-12-6-2-7-13-19/h1-16H,17H2,(H,24,25,26). The molecule has 0 aliphatic rings. The quantitative estimate of drug-likeness (QED) is 0.478. The molecule has 4 rings (SSSR count). The molecule has 1 N–H and O–H groups in total. The van der Waals surface area contributed by atoms with Crippen LogP contribution >= 0.6 is 0 Å². The van der Waals surface area contributed by atoms with Crippen LogP contribution in [0.4, 0.5) is 5.82 Å². The third kappa shape index (κ3) is 4.82. The van der Waals surface area contributed by atoms with E-state index in [0.29, 0.717) is 12.4 Å². The van der Waals surface area contributed by atoms with E-state index in [4.69, 9.17) is 4.74 Å². The lowest BCUT2D eigenvalue weighted by molar-refractivity contribution is 0.294. The van der Waals surface area contributed by atoms with Crippen LogP contribution in [0.3, 0.4) is 0 Å². The number of rotatable bonds is 7. The van der Waals surface area contributed by atoms with Crippen molar-refractivity contribution in [1.82, 2.24) is 9.97 Å². The Morgan fingerprint density at radius 1 is 0.767 bits per heavy atom. The molecule has 0 saturated heterocycles. The molecule has 7 heteroatoms. The zero-order chi connectivity index (χ0) is 20.8. The van der Waals surface area contributed by atoms with Gasteiger partial charge in [-0.2, -0.15) is 4.98 Å². The number of benzene rings is 3. The summed E-state index contributed by atoms with van der Waals surface area (Å²) >= 11 is 0. The van der Waals surface area contributed by atoms with Gasteiger partial charge in [-0.15, -0.1) is 0 Å². The van der Waals surface area contributed by atoms with Crippen molar-refractivity contribution >= 4 is 15.8 Å². The number of aromatic nitrogens is 2. The molecule has 0 aliphatic carbocycles. The Balaban J connectivity index is 1.67. The summed E-state index contributed by atoms with van der Waals surface area (Å²) in [5.74, 6) is 0.779. The smallest absolute Gasteiger partial charge is 0.263 e. The number of nitrogens with zero attached hydrogens (tertiary/aromatic N) is 2. The minimum atomic E-state index is -3.79. The Hall–Kier alpha value is -3.71. The first-order valence-corrected chi connectivity index (χ1v) is 10.8. The highest BCUT2D eigenvalue weighted by Gasteiger charge is 2.16. The molecule has 0 radical (unpaired) electrons. The van der Waals surface area contributed by atoms with Crippen LogP contribution in [0.5, 0.6) is 5.88 Å². The zero-order valence-electron chi connectivity index (χ0n) is 16.0. The van der Waals surface area contributed by atoms with Crippen LogP contribution in [0.2, 0.25) is 0 Å². The summed E-state index contributed by atoms with van der Waals surface area (Å²) in [5.41, 5.74) is 1.73. The van der Waals surface area contributed by atoms with E-state index in [-0.39, 0.29) is 16.6 Å². The highest BCUT2D eigenvalue weighted by atomic mass is 32.2. The van der Waals surface area contributed by atoms with Crippen LogP contribution in [-0.4, -0.2) is 18.4 Å². The van der Waals surface area contributed by atoms with Crippen LogP contribution < -0.4 is 9.46 Å². The molecular formula is C23H19N3O3S. The van der Waals surface area contributed by atoms with E-state index in [1.807, 2.05) is 60.7 Å². The van der Waals surface area contributed by atoms with Gasteiger partial charge in [0.25, 0.3) is 10.0 Å². The van der Waals surface area contributed by atoms with Crippen molar-refractivity contribution in [2.45, 2.75) is 11.5 Å². The fraction of sp³-hybridized carbons (Fsp3) is 0.0435. The molecule has 150 valence electrons. The number of hydrogen-bond acceptors (Lipinski definition) is 5. The van der Waals surface area contributed by atoms with Crippen molar-refractivity contribution in [1.29, 1.82) is 0 Å². The van der Waals surface area contributed by atoms with Gasteiger partial charge in [-0.1, -0.05) is 78.9 Å². The summed E-state index contributed by atoms with van der Waals surface area (Å²) < 4.78 is 33.8. The number of nitrogens with one attached hydrogen (secondary N) is 1. The second-order valence-electron chi connectivity index (χ2n) is 6.47. The number of anilines is 1. The average molecular weight is 417 g/mol. The molecule has 0 amide bonds. The Morgan fingerprint density at radius 3 is 2.03 bits per heavy atom. The fourth-order valence-corrected chi connectivity index (χ4v) is 3.81. The van der Waals surface area contributed by atoms with Crippen LogP contribution in [0.25, 0.3) is 11.4 Å². The Morgan fingerprint density at radius 2 is 1.37 bits per heavy atom. The van der Waals surface area contributed by atoms with Gasteiger partial charge in [-0.3, -0.25) is 4.72 Å². The van der Waals surface area contributed by atoms with Crippen LogP contribution in [-0.2, 0) is 16.6 Å². The molecule has 0 atom stereocenters. The maximum Gasteiger partial charge on any atom is 0.263 e. The highest BCUT2D eigenvalue weighted by Crippen LogP contribution is 2.24. The second-order valence-corrected chi connectivity index (χ2v) is 8.16. The van der Waals surface area contributed by atoms with Crippen molar-refractivity contribution in [2.24, 2.45) is 0 Å². The normalized spacial score (nSPS) is 11.1. The van der Waals surface area contributed by atoms with Gasteiger partial charge >= 0.3 is 0 Å². The van der Waals surface area contributed by atoms with Crippen LogP contribution in [0, 0.1) is 0 Å². The molecule has 1 heterocycles. The molecule has 0 aliphatic heterocycles. The van der Waals surface area contributed by atoms with E-state index in [1.165, 1.54) is 18.2 Å². The molecule has 4 aromatic rings. The monoisotopic (exact) mass is 417 g/mol. The first-order valence-electron chi connectivity index (χ1n) is 9.29. The molecule has 0 spiro atoms. The van der Waals surface area contributed by atoms with Gasteiger partial charge in [0.2, 0.25) is 5.88 Å². The summed E-state index contributed by atoms with van der Waals surface area (Å²) in [5, 5.41) is 0. The molecule has 30 heavy (non-hydrogen) atoms. The van der Waals surface area contributed by atoms with Gasteiger partial charge < -0.3 is 4.74 Å². The minimum absolute atomic E-state index is 0.135. The number of ether oxygens (including phenoxy) is 1. The van der Waals surface area contributed by atoms with E-state index in [0.717, 1.165) is 11.1 Å². The van der Waals surface area contributed by atoms with Gasteiger partial charge in [0.15, 0.2) is 5.82 Å². The van der Waals surface area contributed by atoms with Crippen molar-refractivity contribution in [3.63, 3.8) is 0 Å². The SMILES string of the molecule is O=S(=O)(Nc1cc(OCc2ccccc2)nc(-c2ccccc2)n1)c1ccccc1. The number of hydrogen-bond donors (Lipinski definition) is 1. The molecule has 0 bridgehead atoms. The molecule has 6 nitrogen and oxygen atoms in total. The van der Waals surface area contributed by atoms with E-state index in [1.54, 1.807) is 18.2 Å². The topological polar surface area (TPSA) is 81.2 Å². The second kappa shape index (κ2) is 8.75. The lowest BCUT2D eigenvalue weighted by Gasteiger charge is -2.12. The summed E-state index contributed by atoms with van der Waals surface area (Å²) in [6.45, 7) is 0.303. The zero-order valence-corrected chi connectivity index (χ0v) is 16.8. The van der Waals surface area contributed by atoms with Gasteiger partial charge in [-0.05, 0) is 17.7 Å². The molecule has 3 aromatic carbocycles. The van der Waals surface area contributed by atoms with E-state index in [9.17, 15) is 8.42 Å². The molecule has 0 saturated carbocycles. The van der Waals surface area contributed by atoms with Gasteiger partial charge in [0.1, 0.15) is 12.4 Å². The highest BCUT2D eigenvalue weighted by molar-refractivity contribution is 7.92. The van der Waals surface area contributed by atoms with Crippen LogP contribution in [0.1, 0.15) is 5.56 Å². The first-order chi connectivity index (χ1) is 14.6. The van der Waals surface area contributed by atoms with Gasteiger partial charge in [-0.25, -0.2) is 13.4 Å². The Bertz CT molecular complexity index is 1220. The van der Waals surface area contributed by atoms with Crippen LogP contribution in [0.15, 0.2) is 102 Å². The molecular weight excluding hydrogens is 398 g/mol. The maximum absolute atomic E-state index is 12.7. The summed E-state index contributed by atoms with van der Waals surface area (Å²) in [7, 11) is -3.79. The molecule has 0 unspecified atom stereocenters. The summed E-state index contributed by atoms with van der Waals surface area (Å²) in [6.07, 6.45) is 0. The lowest BCUT2D eigenvalue weighted by Crippen LogP contribution is -2.14. The largest absolute Gasteiger partial charge is 0.473 e. The van der Waals surface area contributed by atoms with Crippen molar-refractivity contribution in [3.8, 4) is 17.3 Å². The minimum Gasteiger partial charge on any atom is -0.473 e. The van der Waals surface area contributed by atoms with E-state index < -0.39 is 10.0 Å². The van der Waals surface area contributed by atoms with Gasteiger partial charge in [0.05, 0.1) is 4.90 Å². The number of sulfonamides is 1. The molecule has 0 fully saturated rings. The van der Waals surface area contributed by atoms with Crippen molar-refractivity contribution in [3.05, 3.63) is 103 Å². The predicted octanol–water partition coefficient (Wildman–Crippen LogP) is 4.52. The predicted molar refractivity (Wildman–Crippen MR) is 115 cm³/mol. The van der Waals surface area contributed by atoms with Crippen molar-refractivity contribution in [2.75, 3.05) is 4.72 Å². The maximum atomic E-state index is 12.7. The molecule has 1 aromatic heterocycles. The first kappa shape index (κ1) is 19.6. The third-order valence-corrected chi connectivity index (χ3v) is 5.63. The van der Waals surface area contributed by atoms with Gasteiger partial charge in [0, 0.05) is 11.6 Å². The third-order valence-electron chi connectivity index (χ3n) is 4.26. The summed E-state index contributed by atoms with van der Waals surface area (Å²) in [6, 6.07) is 28.6. The average Bonchev–Trinajstić information content (AvgIpc) is 2.79. The fourth-order valence-electron chi connectivity index (χ4n) is 2.80.